The number of hydrogen-bond donors (Lipinski definition) is 1. The molecule has 1 heterocycles. The second-order valence-corrected chi connectivity index (χ2v) is 4.85. The first-order valence-electron chi connectivity index (χ1n) is 5.65. The molecule has 0 aliphatic rings. The zero-order chi connectivity index (χ0) is 13.1. The fourth-order valence-corrected chi connectivity index (χ4v) is 2.51. The Morgan fingerprint density at radius 2 is 1.89 bits per heavy atom. The molecule has 0 saturated carbocycles. The Balaban J connectivity index is 2.54. The van der Waals surface area contributed by atoms with Crippen LogP contribution in [-0.2, 0) is 6.42 Å². The van der Waals surface area contributed by atoms with Gasteiger partial charge in [-0.15, -0.1) is 0 Å². The average molecular weight is 357 g/mol. The number of nitrogens with one attached hydrogen (secondary N) is 1. The normalized spacial score (nSPS) is 10.4. The third-order valence-corrected chi connectivity index (χ3v) is 3.73. The average Bonchev–Trinajstić information content (AvgIpc) is 2.40. The van der Waals surface area contributed by atoms with Crippen LogP contribution in [-0.4, -0.2) is 17.0 Å². The Kier molecular flexibility index (Phi) is 4.11. The Hall–Kier alpha value is -1.24. The Morgan fingerprint density at radius 3 is 2.44 bits per heavy atom. The summed E-state index contributed by atoms with van der Waals surface area (Å²) in [4.78, 5) is 8.97. The van der Waals surface area contributed by atoms with Crippen LogP contribution in [0, 0.1) is 9.39 Å². The van der Waals surface area contributed by atoms with Crippen LogP contribution in [0.4, 0.5) is 10.2 Å². The maximum Gasteiger partial charge on any atom is 0.161 e. The maximum atomic E-state index is 12.9. The molecule has 0 spiro atoms. The van der Waals surface area contributed by atoms with E-state index in [4.69, 9.17) is 0 Å². The smallest absolute Gasteiger partial charge is 0.161 e. The number of hydrogen-bond acceptors (Lipinski definition) is 3. The number of nitrogens with zero attached hydrogens (tertiary/aromatic N) is 2. The predicted molar refractivity (Wildman–Crippen MR) is 79.1 cm³/mol. The summed E-state index contributed by atoms with van der Waals surface area (Å²) in [6.07, 6.45) is 0.837. The van der Waals surface area contributed by atoms with E-state index in [1.54, 1.807) is 12.1 Å². The van der Waals surface area contributed by atoms with Crippen molar-refractivity contribution < 1.29 is 4.39 Å². The van der Waals surface area contributed by atoms with Crippen molar-refractivity contribution in [1.29, 1.82) is 0 Å². The molecule has 0 amide bonds. The van der Waals surface area contributed by atoms with E-state index in [2.05, 4.69) is 44.8 Å². The van der Waals surface area contributed by atoms with Crippen LogP contribution in [0.1, 0.15) is 12.6 Å². The number of rotatable bonds is 3. The summed E-state index contributed by atoms with van der Waals surface area (Å²) in [6.45, 7) is 2.05. The van der Waals surface area contributed by atoms with Gasteiger partial charge >= 0.3 is 0 Å². The SMILES string of the molecule is CCc1nc(-c2ccc(F)cc2)nc(NC)c1I. The van der Waals surface area contributed by atoms with Crippen LogP contribution in [0.25, 0.3) is 11.4 Å². The number of aryl methyl sites for hydroxylation is 1. The molecule has 0 aliphatic heterocycles. The molecule has 2 rings (SSSR count). The fraction of sp³-hybridized carbons (Fsp3) is 0.231. The van der Waals surface area contributed by atoms with Crippen molar-refractivity contribution in [3.05, 3.63) is 39.3 Å². The molecular formula is C13H13FIN3. The van der Waals surface area contributed by atoms with Crippen molar-refractivity contribution >= 4 is 28.4 Å². The van der Waals surface area contributed by atoms with Gasteiger partial charge in [-0.3, -0.25) is 0 Å². The minimum absolute atomic E-state index is 0.256. The molecule has 5 heteroatoms. The first kappa shape index (κ1) is 13.2. The first-order chi connectivity index (χ1) is 8.65. The second-order valence-electron chi connectivity index (χ2n) is 3.77. The molecule has 0 aliphatic carbocycles. The van der Waals surface area contributed by atoms with Gasteiger partial charge in [-0.25, -0.2) is 14.4 Å². The summed E-state index contributed by atoms with van der Waals surface area (Å²) < 4.78 is 13.9. The molecule has 0 radical (unpaired) electrons. The third-order valence-electron chi connectivity index (χ3n) is 2.59. The summed E-state index contributed by atoms with van der Waals surface area (Å²) in [5, 5.41) is 3.06. The minimum atomic E-state index is -0.256. The maximum absolute atomic E-state index is 12.9. The van der Waals surface area contributed by atoms with Crippen molar-refractivity contribution in [3.8, 4) is 11.4 Å². The van der Waals surface area contributed by atoms with Crippen molar-refractivity contribution in [2.75, 3.05) is 12.4 Å². The van der Waals surface area contributed by atoms with E-state index < -0.39 is 0 Å². The highest BCUT2D eigenvalue weighted by molar-refractivity contribution is 14.1. The fourth-order valence-electron chi connectivity index (χ4n) is 1.62. The van der Waals surface area contributed by atoms with Gasteiger partial charge in [0.1, 0.15) is 11.6 Å². The van der Waals surface area contributed by atoms with Crippen molar-refractivity contribution in [2.45, 2.75) is 13.3 Å². The van der Waals surface area contributed by atoms with Crippen molar-refractivity contribution in [1.82, 2.24) is 9.97 Å². The lowest BCUT2D eigenvalue weighted by Gasteiger charge is -2.10. The zero-order valence-corrected chi connectivity index (χ0v) is 12.3. The monoisotopic (exact) mass is 357 g/mol. The van der Waals surface area contributed by atoms with E-state index in [0.29, 0.717) is 5.82 Å². The number of anilines is 1. The van der Waals surface area contributed by atoms with Gasteiger partial charge in [-0.2, -0.15) is 0 Å². The Labute approximate surface area is 119 Å². The molecule has 0 saturated heterocycles. The summed E-state index contributed by atoms with van der Waals surface area (Å²) in [5.41, 5.74) is 1.81. The van der Waals surface area contributed by atoms with Crippen LogP contribution in [0.2, 0.25) is 0 Å². The lowest BCUT2D eigenvalue weighted by atomic mass is 10.2. The molecular weight excluding hydrogens is 344 g/mol. The van der Waals surface area contributed by atoms with E-state index in [0.717, 1.165) is 27.1 Å². The molecule has 0 atom stereocenters. The Morgan fingerprint density at radius 1 is 1.22 bits per heavy atom. The molecule has 1 aromatic heterocycles. The van der Waals surface area contributed by atoms with E-state index >= 15 is 0 Å². The van der Waals surface area contributed by atoms with Crippen LogP contribution >= 0.6 is 22.6 Å². The zero-order valence-electron chi connectivity index (χ0n) is 10.2. The topological polar surface area (TPSA) is 37.8 Å². The second kappa shape index (κ2) is 5.60. The van der Waals surface area contributed by atoms with Crippen LogP contribution < -0.4 is 5.32 Å². The number of halogens is 2. The molecule has 94 valence electrons. The van der Waals surface area contributed by atoms with E-state index in [1.165, 1.54) is 12.1 Å². The van der Waals surface area contributed by atoms with E-state index in [1.807, 2.05) is 7.05 Å². The van der Waals surface area contributed by atoms with Gasteiger partial charge < -0.3 is 5.32 Å². The molecule has 1 N–H and O–H groups in total. The largest absolute Gasteiger partial charge is 0.372 e. The molecule has 2 aromatic rings. The highest BCUT2D eigenvalue weighted by Gasteiger charge is 2.11. The van der Waals surface area contributed by atoms with E-state index in [9.17, 15) is 4.39 Å². The molecule has 1 aromatic carbocycles. The van der Waals surface area contributed by atoms with Gasteiger partial charge in [0, 0.05) is 12.6 Å². The summed E-state index contributed by atoms with van der Waals surface area (Å²) in [7, 11) is 1.83. The lowest BCUT2D eigenvalue weighted by Crippen LogP contribution is -2.04. The number of benzene rings is 1. The summed E-state index contributed by atoms with van der Waals surface area (Å²) >= 11 is 2.23. The van der Waals surface area contributed by atoms with Gasteiger partial charge in [0.25, 0.3) is 0 Å². The van der Waals surface area contributed by atoms with Crippen LogP contribution in [0.15, 0.2) is 24.3 Å². The van der Waals surface area contributed by atoms with Crippen LogP contribution in [0.5, 0.6) is 0 Å². The Bertz CT molecular complexity index is 530. The minimum Gasteiger partial charge on any atom is -0.372 e. The lowest BCUT2D eigenvalue weighted by molar-refractivity contribution is 0.628. The van der Waals surface area contributed by atoms with Crippen molar-refractivity contribution in [2.24, 2.45) is 0 Å². The molecule has 0 bridgehead atoms. The van der Waals surface area contributed by atoms with Gasteiger partial charge in [0.2, 0.25) is 0 Å². The molecule has 18 heavy (non-hydrogen) atoms. The first-order valence-corrected chi connectivity index (χ1v) is 6.73. The third kappa shape index (κ3) is 2.60. The predicted octanol–water partition coefficient (Wildman–Crippen LogP) is 3.49. The van der Waals surface area contributed by atoms with Crippen molar-refractivity contribution in [3.63, 3.8) is 0 Å². The highest BCUT2D eigenvalue weighted by Crippen LogP contribution is 2.24. The van der Waals surface area contributed by atoms with Gasteiger partial charge in [-0.1, -0.05) is 6.92 Å². The highest BCUT2D eigenvalue weighted by atomic mass is 127. The molecule has 0 fully saturated rings. The van der Waals surface area contributed by atoms with Gasteiger partial charge in [0.05, 0.1) is 9.26 Å². The summed E-state index contributed by atoms with van der Waals surface area (Å²) in [6, 6.07) is 6.22. The number of aromatic nitrogens is 2. The molecule has 3 nitrogen and oxygen atoms in total. The molecule has 0 unspecified atom stereocenters. The van der Waals surface area contributed by atoms with Crippen LogP contribution in [0.3, 0.4) is 0 Å². The summed E-state index contributed by atoms with van der Waals surface area (Å²) in [5.74, 6) is 1.17. The van der Waals surface area contributed by atoms with Gasteiger partial charge in [0.15, 0.2) is 5.82 Å². The quantitative estimate of drug-likeness (QED) is 0.855. The van der Waals surface area contributed by atoms with Gasteiger partial charge in [-0.05, 0) is 53.3 Å². The standard InChI is InChI=1S/C13H13FIN3/c1-3-10-11(15)13(16-2)18-12(17-10)8-4-6-9(14)7-5-8/h4-7H,3H2,1-2H3,(H,16,17,18). The van der Waals surface area contributed by atoms with E-state index in [-0.39, 0.29) is 5.82 Å².